The Morgan fingerprint density at radius 1 is 1.00 bits per heavy atom. The molecule has 118 valence electrons. The van der Waals surface area contributed by atoms with Crippen molar-refractivity contribution in [2.45, 2.75) is 33.8 Å². The number of benzene rings is 2. The van der Waals surface area contributed by atoms with E-state index in [1.807, 2.05) is 50.2 Å². The molecule has 0 aliphatic heterocycles. The van der Waals surface area contributed by atoms with Crippen molar-refractivity contribution in [1.29, 1.82) is 0 Å². The molecule has 0 aliphatic rings. The summed E-state index contributed by atoms with van der Waals surface area (Å²) < 4.78 is 10.4. The van der Waals surface area contributed by atoms with Crippen LogP contribution in [0.15, 0.2) is 48.5 Å². The van der Waals surface area contributed by atoms with E-state index in [9.17, 15) is 4.79 Å². The minimum atomic E-state index is -0.237. The first-order valence-corrected chi connectivity index (χ1v) is 7.52. The molecule has 0 N–H and O–H groups in total. The van der Waals surface area contributed by atoms with Crippen molar-refractivity contribution in [2.75, 3.05) is 7.11 Å². The van der Waals surface area contributed by atoms with E-state index in [-0.39, 0.29) is 12.4 Å². The summed E-state index contributed by atoms with van der Waals surface area (Å²) in [5.74, 6) is 0.556. The number of methoxy groups -OCH3 is 1. The van der Waals surface area contributed by atoms with Crippen molar-refractivity contribution in [1.82, 2.24) is 0 Å². The van der Waals surface area contributed by atoms with Gasteiger partial charge in [-0.1, -0.05) is 50.2 Å². The number of rotatable bonds is 5. The minimum Gasteiger partial charge on any atom is -0.489 e. The molecule has 0 atom stereocenters. The average molecular weight is 300 g/mol. The summed E-state index contributed by atoms with van der Waals surface area (Å²) in [7, 11) is 1.39. The Morgan fingerprint density at radius 3 is 2.23 bits per heavy atom. The van der Waals surface area contributed by atoms with Gasteiger partial charge >= 0.3 is 5.97 Å². The number of carbonyl (C=O) groups is 1. The second-order valence-electron chi connectivity index (χ2n) is 4.61. The van der Waals surface area contributed by atoms with Crippen molar-refractivity contribution in [3.05, 3.63) is 65.2 Å². The molecule has 0 heterocycles. The Balaban J connectivity index is 0.00000116. The van der Waals surface area contributed by atoms with Gasteiger partial charge in [-0.05, 0) is 35.7 Å². The molecule has 0 fully saturated rings. The first kappa shape index (κ1) is 17.8. The zero-order chi connectivity index (χ0) is 16.4. The highest BCUT2D eigenvalue weighted by Crippen LogP contribution is 2.16. The van der Waals surface area contributed by atoms with E-state index in [2.05, 4.69) is 23.8 Å². The van der Waals surface area contributed by atoms with Crippen LogP contribution >= 0.6 is 0 Å². The predicted octanol–water partition coefficient (Wildman–Crippen LogP) is 4.32. The van der Waals surface area contributed by atoms with E-state index in [0.717, 1.165) is 11.3 Å². The van der Waals surface area contributed by atoms with Gasteiger partial charge in [-0.3, -0.25) is 4.79 Å². The molecular weight excluding hydrogens is 276 g/mol. The number of hydrogen-bond acceptors (Lipinski definition) is 3. The standard InChI is InChI=1S/C17H18O3.C2H6/c1-13-5-3-4-6-15(13)12-20-16-9-7-14(8-10-16)11-17(18)19-2;1-2/h3-10H,11-12H2,1-2H3;1-2H3. The second kappa shape index (κ2) is 9.61. The van der Waals surface area contributed by atoms with Crippen LogP contribution in [-0.2, 0) is 22.6 Å². The largest absolute Gasteiger partial charge is 0.489 e. The number of aryl methyl sites for hydroxylation is 1. The van der Waals surface area contributed by atoms with Crippen LogP contribution in [0.5, 0.6) is 5.75 Å². The van der Waals surface area contributed by atoms with Crippen LogP contribution in [0.1, 0.15) is 30.5 Å². The van der Waals surface area contributed by atoms with Crippen molar-refractivity contribution < 1.29 is 14.3 Å². The summed E-state index contributed by atoms with van der Waals surface area (Å²) in [5.41, 5.74) is 3.31. The fourth-order valence-corrected chi connectivity index (χ4v) is 1.88. The smallest absolute Gasteiger partial charge is 0.309 e. The Kier molecular flexibility index (Phi) is 7.76. The molecule has 0 spiro atoms. The van der Waals surface area contributed by atoms with E-state index < -0.39 is 0 Å². The SMILES string of the molecule is CC.COC(=O)Cc1ccc(OCc2ccccc2C)cc1. The molecule has 0 aliphatic carbocycles. The average Bonchev–Trinajstić information content (AvgIpc) is 2.57. The minimum absolute atomic E-state index is 0.237. The van der Waals surface area contributed by atoms with Crippen LogP contribution in [-0.4, -0.2) is 13.1 Å². The van der Waals surface area contributed by atoms with Gasteiger partial charge in [0.25, 0.3) is 0 Å². The van der Waals surface area contributed by atoms with Crippen molar-refractivity contribution >= 4 is 5.97 Å². The molecule has 0 aromatic heterocycles. The number of esters is 1. The van der Waals surface area contributed by atoms with Crippen LogP contribution in [0.25, 0.3) is 0 Å². The van der Waals surface area contributed by atoms with Gasteiger partial charge in [0.15, 0.2) is 0 Å². The van der Waals surface area contributed by atoms with Crippen LogP contribution in [0.3, 0.4) is 0 Å². The first-order valence-electron chi connectivity index (χ1n) is 7.52. The van der Waals surface area contributed by atoms with E-state index in [1.54, 1.807) is 0 Å². The predicted molar refractivity (Wildman–Crippen MR) is 89.0 cm³/mol. The highest BCUT2D eigenvalue weighted by Gasteiger charge is 2.03. The summed E-state index contributed by atoms with van der Waals surface area (Å²) in [6.45, 7) is 6.61. The summed E-state index contributed by atoms with van der Waals surface area (Å²) in [6, 6.07) is 15.6. The Morgan fingerprint density at radius 2 is 1.64 bits per heavy atom. The molecule has 3 nitrogen and oxygen atoms in total. The van der Waals surface area contributed by atoms with Gasteiger partial charge in [0.2, 0.25) is 0 Å². The lowest BCUT2D eigenvalue weighted by Gasteiger charge is -2.09. The monoisotopic (exact) mass is 300 g/mol. The molecule has 2 rings (SSSR count). The lowest BCUT2D eigenvalue weighted by molar-refractivity contribution is -0.139. The van der Waals surface area contributed by atoms with E-state index in [0.29, 0.717) is 6.61 Å². The molecule has 0 amide bonds. The van der Waals surface area contributed by atoms with Gasteiger partial charge in [0.1, 0.15) is 12.4 Å². The molecule has 0 saturated carbocycles. The normalized spacial score (nSPS) is 9.45. The molecule has 0 saturated heterocycles. The number of ether oxygens (including phenoxy) is 2. The van der Waals surface area contributed by atoms with Crippen LogP contribution in [0, 0.1) is 6.92 Å². The Hall–Kier alpha value is -2.29. The lowest BCUT2D eigenvalue weighted by atomic mass is 10.1. The van der Waals surface area contributed by atoms with Crippen LogP contribution in [0.2, 0.25) is 0 Å². The highest BCUT2D eigenvalue weighted by atomic mass is 16.5. The zero-order valence-electron chi connectivity index (χ0n) is 13.8. The van der Waals surface area contributed by atoms with Gasteiger partial charge in [0, 0.05) is 0 Å². The van der Waals surface area contributed by atoms with Gasteiger partial charge in [-0.15, -0.1) is 0 Å². The Labute approximate surface area is 132 Å². The molecule has 0 radical (unpaired) electrons. The second-order valence-corrected chi connectivity index (χ2v) is 4.61. The summed E-state index contributed by atoms with van der Waals surface area (Å²) in [5, 5.41) is 0. The van der Waals surface area contributed by atoms with E-state index in [1.165, 1.54) is 18.2 Å². The molecule has 0 unspecified atom stereocenters. The molecular formula is C19H24O3. The van der Waals surface area contributed by atoms with Crippen LogP contribution < -0.4 is 4.74 Å². The fourth-order valence-electron chi connectivity index (χ4n) is 1.88. The maximum Gasteiger partial charge on any atom is 0.309 e. The third-order valence-electron chi connectivity index (χ3n) is 3.16. The molecule has 0 bridgehead atoms. The fraction of sp³-hybridized carbons (Fsp3) is 0.316. The van der Waals surface area contributed by atoms with Crippen molar-refractivity contribution in [2.24, 2.45) is 0 Å². The Bertz CT molecular complexity index is 573. The molecule has 3 heteroatoms. The van der Waals surface area contributed by atoms with Crippen molar-refractivity contribution in [3.63, 3.8) is 0 Å². The van der Waals surface area contributed by atoms with E-state index in [4.69, 9.17) is 4.74 Å². The number of hydrogen-bond donors (Lipinski definition) is 0. The summed E-state index contributed by atoms with van der Waals surface area (Å²) in [4.78, 5) is 11.2. The highest BCUT2D eigenvalue weighted by molar-refractivity contribution is 5.72. The van der Waals surface area contributed by atoms with Crippen molar-refractivity contribution in [3.8, 4) is 5.75 Å². The molecule has 22 heavy (non-hydrogen) atoms. The van der Waals surface area contributed by atoms with Gasteiger partial charge in [-0.25, -0.2) is 0 Å². The van der Waals surface area contributed by atoms with Crippen LogP contribution in [0.4, 0.5) is 0 Å². The third kappa shape index (κ3) is 5.60. The zero-order valence-corrected chi connectivity index (χ0v) is 13.8. The topological polar surface area (TPSA) is 35.5 Å². The maximum absolute atomic E-state index is 11.2. The third-order valence-corrected chi connectivity index (χ3v) is 3.16. The quantitative estimate of drug-likeness (QED) is 0.772. The molecule has 2 aromatic carbocycles. The van der Waals surface area contributed by atoms with E-state index >= 15 is 0 Å². The maximum atomic E-state index is 11.2. The molecule has 2 aromatic rings. The van der Waals surface area contributed by atoms with Gasteiger partial charge in [-0.2, -0.15) is 0 Å². The summed E-state index contributed by atoms with van der Waals surface area (Å²) >= 11 is 0. The van der Waals surface area contributed by atoms with Gasteiger partial charge in [0.05, 0.1) is 13.5 Å². The summed E-state index contributed by atoms with van der Waals surface area (Å²) in [6.07, 6.45) is 0.286. The number of carbonyl (C=O) groups excluding carboxylic acids is 1. The lowest BCUT2D eigenvalue weighted by Crippen LogP contribution is -2.04. The van der Waals surface area contributed by atoms with Gasteiger partial charge < -0.3 is 9.47 Å². The first-order chi connectivity index (χ1) is 10.7.